The molecule has 0 N–H and O–H groups in total. The molecule has 1 aliphatic rings. The molecule has 0 saturated carbocycles. The Labute approximate surface area is 65.3 Å². The number of hydrogen-bond donors (Lipinski definition) is 0. The van der Waals surface area contributed by atoms with Crippen LogP contribution in [0.2, 0.25) is 0 Å². The van der Waals surface area contributed by atoms with Crippen LogP contribution in [0.5, 0.6) is 0 Å². The summed E-state index contributed by atoms with van der Waals surface area (Å²) >= 11 is 11.2. The zero-order chi connectivity index (χ0) is 6.69. The van der Waals surface area contributed by atoms with E-state index in [1.807, 2.05) is 0 Å². The first-order valence-electron chi connectivity index (χ1n) is 3.14. The summed E-state index contributed by atoms with van der Waals surface area (Å²) in [5, 5.41) is 0.135. The fourth-order valence-electron chi connectivity index (χ4n) is 0.679. The molecule has 54 valence electrons. The maximum absolute atomic E-state index is 5.75. The van der Waals surface area contributed by atoms with E-state index in [2.05, 4.69) is 0 Å². The molecule has 0 aromatic rings. The lowest BCUT2D eigenvalue weighted by Crippen LogP contribution is -2.01. The zero-order valence-electron chi connectivity index (χ0n) is 5.15. The third kappa shape index (κ3) is 3.29. The van der Waals surface area contributed by atoms with Crippen LogP contribution in [0.15, 0.2) is 0 Å². The van der Waals surface area contributed by atoms with E-state index < -0.39 is 0 Å². The molecule has 1 saturated heterocycles. The van der Waals surface area contributed by atoms with Gasteiger partial charge in [0.15, 0.2) is 0 Å². The Morgan fingerprint density at radius 3 is 2.78 bits per heavy atom. The van der Waals surface area contributed by atoms with Crippen LogP contribution in [0, 0.1) is 0 Å². The number of rotatable bonds is 4. The predicted octanol–water partition coefficient (Wildman–Crippen LogP) is 2.01. The van der Waals surface area contributed by atoms with Gasteiger partial charge in [-0.25, -0.2) is 0 Å². The topological polar surface area (TPSA) is 12.5 Å². The van der Waals surface area contributed by atoms with Crippen molar-refractivity contribution in [2.24, 2.45) is 0 Å². The molecule has 0 aliphatic carbocycles. The Morgan fingerprint density at radius 2 is 2.33 bits per heavy atom. The summed E-state index contributed by atoms with van der Waals surface area (Å²) in [5.74, 6) is 0.550. The normalized spacial score (nSPS) is 28.0. The molecule has 0 unspecified atom stereocenters. The molecule has 1 heterocycles. The summed E-state index contributed by atoms with van der Waals surface area (Å²) in [6.07, 6.45) is 2.55. The van der Waals surface area contributed by atoms with Crippen LogP contribution in [0.1, 0.15) is 12.8 Å². The Hall–Kier alpha value is 0.540. The number of epoxide rings is 1. The summed E-state index contributed by atoms with van der Waals surface area (Å²) < 4.78 is 5.00. The van der Waals surface area contributed by atoms with Crippen molar-refractivity contribution >= 4 is 23.2 Å². The molecule has 3 heteroatoms. The molecule has 1 nitrogen and oxygen atoms in total. The highest BCUT2D eigenvalue weighted by atomic mass is 35.5. The molecule has 0 bridgehead atoms. The van der Waals surface area contributed by atoms with Gasteiger partial charge in [-0.1, -0.05) is 0 Å². The van der Waals surface area contributed by atoms with Crippen LogP contribution in [0.3, 0.4) is 0 Å². The van der Waals surface area contributed by atoms with Crippen LogP contribution < -0.4 is 0 Å². The first-order valence-corrected chi connectivity index (χ1v) is 4.11. The monoisotopic (exact) mass is 168 g/mol. The molecule has 1 fully saturated rings. The Kier molecular flexibility index (Phi) is 3.10. The van der Waals surface area contributed by atoms with Crippen molar-refractivity contribution in [1.82, 2.24) is 0 Å². The highest BCUT2D eigenvalue weighted by Gasteiger charge is 2.22. The maximum Gasteiger partial charge on any atom is 0.0810 e. The van der Waals surface area contributed by atoms with Gasteiger partial charge >= 0.3 is 0 Å². The van der Waals surface area contributed by atoms with E-state index in [-0.39, 0.29) is 5.38 Å². The van der Waals surface area contributed by atoms with Gasteiger partial charge in [0.2, 0.25) is 0 Å². The van der Waals surface area contributed by atoms with Crippen LogP contribution in [-0.4, -0.2) is 24.0 Å². The number of halogens is 2. The van der Waals surface area contributed by atoms with E-state index in [0.717, 1.165) is 19.4 Å². The first kappa shape index (κ1) is 7.64. The second-order valence-corrected chi connectivity index (χ2v) is 3.21. The van der Waals surface area contributed by atoms with Gasteiger partial charge in [-0.2, -0.15) is 0 Å². The van der Waals surface area contributed by atoms with Crippen LogP contribution in [-0.2, 0) is 4.74 Å². The third-order valence-corrected chi connectivity index (χ3v) is 2.27. The predicted molar refractivity (Wildman–Crippen MR) is 39.3 cm³/mol. The Balaban J connectivity index is 1.90. The second kappa shape index (κ2) is 3.65. The fourth-order valence-corrected chi connectivity index (χ4v) is 0.959. The van der Waals surface area contributed by atoms with E-state index in [1.54, 1.807) is 0 Å². The van der Waals surface area contributed by atoms with Crippen molar-refractivity contribution in [2.45, 2.75) is 24.3 Å². The lowest BCUT2D eigenvalue weighted by molar-refractivity contribution is 0.391. The summed E-state index contributed by atoms with van der Waals surface area (Å²) in [7, 11) is 0. The highest BCUT2D eigenvalue weighted by Crippen LogP contribution is 2.18. The van der Waals surface area contributed by atoms with Gasteiger partial charge in [0.1, 0.15) is 0 Å². The van der Waals surface area contributed by atoms with Crippen LogP contribution in [0.4, 0.5) is 0 Å². The standard InChI is InChI=1S/C6H10Cl2O/c7-3-5(8)1-2-6-4-9-6/h5-6H,1-4H2/t5-,6+/m1/s1. The molecular formula is C6H10Cl2O. The number of alkyl halides is 2. The van der Waals surface area contributed by atoms with E-state index in [0.29, 0.717) is 12.0 Å². The van der Waals surface area contributed by atoms with Crippen molar-refractivity contribution < 1.29 is 4.74 Å². The highest BCUT2D eigenvalue weighted by molar-refractivity contribution is 6.28. The maximum atomic E-state index is 5.75. The Bertz CT molecular complexity index is 83.1. The van der Waals surface area contributed by atoms with Crippen molar-refractivity contribution in [2.75, 3.05) is 12.5 Å². The minimum absolute atomic E-state index is 0.135. The van der Waals surface area contributed by atoms with E-state index in [1.165, 1.54) is 0 Å². The molecule has 1 rings (SSSR count). The summed E-state index contributed by atoms with van der Waals surface area (Å²) in [6.45, 7) is 0.923. The quantitative estimate of drug-likeness (QED) is 0.463. The lowest BCUT2D eigenvalue weighted by atomic mass is 10.2. The van der Waals surface area contributed by atoms with E-state index in [4.69, 9.17) is 27.9 Å². The second-order valence-electron chi connectivity index (χ2n) is 2.28. The molecule has 2 atom stereocenters. The van der Waals surface area contributed by atoms with Gasteiger partial charge in [-0.05, 0) is 12.8 Å². The minimum Gasteiger partial charge on any atom is -0.373 e. The molecule has 9 heavy (non-hydrogen) atoms. The molecule has 0 aromatic carbocycles. The molecular weight excluding hydrogens is 159 g/mol. The summed E-state index contributed by atoms with van der Waals surface area (Å²) in [5.41, 5.74) is 0. The number of hydrogen-bond acceptors (Lipinski definition) is 1. The zero-order valence-corrected chi connectivity index (χ0v) is 6.66. The summed E-state index contributed by atoms with van der Waals surface area (Å²) in [4.78, 5) is 0. The van der Waals surface area contributed by atoms with Crippen LogP contribution >= 0.6 is 23.2 Å². The third-order valence-electron chi connectivity index (χ3n) is 1.37. The average Bonchev–Trinajstić information content (AvgIpc) is 2.65. The largest absolute Gasteiger partial charge is 0.373 e. The smallest absolute Gasteiger partial charge is 0.0810 e. The fraction of sp³-hybridized carbons (Fsp3) is 1.00. The van der Waals surface area contributed by atoms with Gasteiger partial charge in [0, 0.05) is 11.3 Å². The SMILES string of the molecule is ClC[C@H](Cl)CC[C@H]1CO1. The van der Waals surface area contributed by atoms with Gasteiger partial charge in [0.25, 0.3) is 0 Å². The van der Waals surface area contributed by atoms with Gasteiger partial charge < -0.3 is 4.74 Å². The number of ether oxygens (including phenoxy) is 1. The Morgan fingerprint density at radius 1 is 1.67 bits per heavy atom. The van der Waals surface area contributed by atoms with Gasteiger partial charge in [0.05, 0.1) is 12.7 Å². The van der Waals surface area contributed by atoms with Gasteiger partial charge in [-0.3, -0.25) is 0 Å². The van der Waals surface area contributed by atoms with E-state index in [9.17, 15) is 0 Å². The minimum atomic E-state index is 0.135. The molecule has 0 radical (unpaired) electrons. The van der Waals surface area contributed by atoms with Gasteiger partial charge in [-0.15, -0.1) is 23.2 Å². The molecule has 0 aromatic heterocycles. The van der Waals surface area contributed by atoms with Crippen LogP contribution in [0.25, 0.3) is 0 Å². The van der Waals surface area contributed by atoms with Crippen molar-refractivity contribution in [1.29, 1.82) is 0 Å². The molecule has 1 aliphatic heterocycles. The van der Waals surface area contributed by atoms with Crippen molar-refractivity contribution in [3.05, 3.63) is 0 Å². The van der Waals surface area contributed by atoms with Crippen molar-refractivity contribution in [3.63, 3.8) is 0 Å². The summed E-state index contributed by atoms with van der Waals surface area (Å²) in [6, 6.07) is 0. The average molecular weight is 169 g/mol. The first-order chi connectivity index (χ1) is 4.33. The van der Waals surface area contributed by atoms with E-state index >= 15 is 0 Å². The lowest BCUT2D eigenvalue weighted by Gasteiger charge is -2.00. The van der Waals surface area contributed by atoms with Crippen molar-refractivity contribution in [3.8, 4) is 0 Å². The molecule has 0 spiro atoms. The molecule has 0 amide bonds.